The third-order valence-electron chi connectivity index (χ3n) is 5.90. The van der Waals surface area contributed by atoms with Crippen LogP contribution in [-0.2, 0) is 6.54 Å². The van der Waals surface area contributed by atoms with Gasteiger partial charge in [-0.1, -0.05) is 6.07 Å². The first-order valence-corrected chi connectivity index (χ1v) is 11.2. The summed E-state index contributed by atoms with van der Waals surface area (Å²) in [6.07, 6.45) is 3.44. The van der Waals surface area contributed by atoms with Gasteiger partial charge in [0.2, 0.25) is 0 Å². The minimum Gasteiger partial charge on any atom is -0.329 e. The molecule has 1 aliphatic carbocycles. The number of H-pyrrole nitrogens is 1. The van der Waals surface area contributed by atoms with Gasteiger partial charge in [-0.2, -0.15) is 16.4 Å². The van der Waals surface area contributed by atoms with Crippen LogP contribution in [0.3, 0.4) is 0 Å². The molecule has 5 rings (SSSR count). The highest BCUT2D eigenvalue weighted by atomic mass is 35.5. The fourth-order valence-electron chi connectivity index (χ4n) is 4.27. The zero-order valence-corrected chi connectivity index (χ0v) is 17.8. The molecule has 3 aromatic heterocycles. The van der Waals surface area contributed by atoms with Crippen LogP contribution < -0.4 is 5.32 Å². The number of carbonyl (C=O) groups is 1. The van der Waals surface area contributed by atoms with Gasteiger partial charge in [-0.15, -0.1) is 23.7 Å². The van der Waals surface area contributed by atoms with E-state index < -0.39 is 0 Å². The van der Waals surface area contributed by atoms with Crippen LogP contribution in [0, 0.1) is 5.41 Å². The summed E-state index contributed by atoms with van der Waals surface area (Å²) in [7, 11) is 0. The van der Waals surface area contributed by atoms with Crippen molar-refractivity contribution < 1.29 is 4.79 Å². The zero-order chi connectivity index (χ0) is 18.3. The number of nitrogens with one attached hydrogen (secondary N) is 2. The second kappa shape index (κ2) is 7.99. The van der Waals surface area contributed by atoms with Crippen LogP contribution in [0.1, 0.15) is 35.3 Å². The van der Waals surface area contributed by atoms with Crippen molar-refractivity contribution in [2.24, 2.45) is 5.41 Å². The van der Waals surface area contributed by atoms with Gasteiger partial charge >= 0.3 is 0 Å². The minimum atomic E-state index is 0. The Morgan fingerprint density at radius 1 is 1.29 bits per heavy atom. The van der Waals surface area contributed by atoms with Crippen LogP contribution in [-0.4, -0.2) is 40.1 Å². The molecule has 5 nitrogen and oxygen atoms in total. The molecular weight excluding hydrogens is 412 g/mol. The van der Waals surface area contributed by atoms with Gasteiger partial charge in [0.25, 0.3) is 5.91 Å². The van der Waals surface area contributed by atoms with E-state index in [0.717, 1.165) is 42.9 Å². The monoisotopic (exact) mass is 434 g/mol. The molecule has 1 saturated heterocycles. The fraction of sp³-hybridized carbons (Fsp3) is 0.400. The molecular formula is C20H23ClN4OS2. The smallest absolute Gasteiger partial charge is 0.274 e. The first-order valence-electron chi connectivity index (χ1n) is 9.37. The highest BCUT2D eigenvalue weighted by Crippen LogP contribution is 2.56. The molecule has 1 amide bonds. The maximum absolute atomic E-state index is 13.4. The number of aromatic amines is 1. The largest absolute Gasteiger partial charge is 0.329 e. The SMILES string of the molecule is Cl.O=C(c1cc(-c2cccs2)[nH]n1)N(Cc1ccsc1)C1CC12CCNCC2. The van der Waals surface area contributed by atoms with Crippen molar-refractivity contribution in [3.8, 4) is 10.6 Å². The Bertz CT molecular complexity index is 916. The highest BCUT2D eigenvalue weighted by Gasteiger charge is 2.57. The summed E-state index contributed by atoms with van der Waals surface area (Å²) in [5.74, 6) is 0.0423. The van der Waals surface area contributed by atoms with Gasteiger partial charge in [0.15, 0.2) is 5.69 Å². The minimum absolute atomic E-state index is 0. The third-order valence-corrected chi connectivity index (χ3v) is 7.53. The Balaban J connectivity index is 0.00000192. The number of aromatic nitrogens is 2. The number of piperidine rings is 1. The number of thiophene rings is 2. The lowest BCUT2D eigenvalue weighted by atomic mass is 9.93. The molecule has 8 heteroatoms. The molecule has 1 aliphatic heterocycles. The Hall–Kier alpha value is -1.67. The van der Waals surface area contributed by atoms with E-state index in [9.17, 15) is 4.79 Å². The topological polar surface area (TPSA) is 61.0 Å². The Labute approximate surface area is 178 Å². The Kier molecular flexibility index (Phi) is 5.60. The summed E-state index contributed by atoms with van der Waals surface area (Å²) >= 11 is 3.33. The predicted molar refractivity (Wildman–Crippen MR) is 116 cm³/mol. The maximum Gasteiger partial charge on any atom is 0.274 e. The van der Waals surface area contributed by atoms with Gasteiger partial charge in [-0.05, 0) is 77.7 Å². The lowest BCUT2D eigenvalue weighted by Gasteiger charge is -2.29. The molecule has 1 unspecified atom stereocenters. The van der Waals surface area contributed by atoms with E-state index in [2.05, 4.69) is 37.2 Å². The Morgan fingerprint density at radius 3 is 2.86 bits per heavy atom. The summed E-state index contributed by atoms with van der Waals surface area (Å²) < 4.78 is 0. The summed E-state index contributed by atoms with van der Waals surface area (Å²) in [4.78, 5) is 16.6. The lowest BCUT2D eigenvalue weighted by molar-refractivity contribution is 0.0686. The average molecular weight is 435 g/mol. The summed E-state index contributed by atoms with van der Waals surface area (Å²) in [6, 6.07) is 8.39. The van der Waals surface area contributed by atoms with E-state index in [4.69, 9.17) is 0 Å². The van der Waals surface area contributed by atoms with Crippen molar-refractivity contribution in [2.75, 3.05) is 13.1 Å². The first kappa shape index (κ1) is 19.6. The number of halogens is 1. The number of carbonyl (C=O) groups excluding carboxylic acids is 1. The maximum atomic E-state index is 13.4. The molecule has 0 bridgehead atoms. The van der Waals surface area contributed by atoms with Crippen molar-refractivity contribution in [2.45, 2.75) is 31.8 Å². The van der Waals surface area contributed by atoms with Crippen molar-refractivity contribution in [1.29, 1.82) is 0 Å². The molecule has 2 fully saturated rings. The van der Waals surface area contributed by atoms with Crippen molar-refractivity contribution in [3.63, 3.8) is 0 Å². The zero-order valence-electron chi connectivity index (χ0n) is 15.4. The van der Waals surface area contributed by atoms with Gasteiger partial charge in [-0.3, -0.25) is 9.89 Å². The highest BCUT2D eigenvalue weighted by molar-refractivity contribution is 7.13. The van der Waals surface area contributed by atoms with Crippen LogP contribution in [0.2, 0.25) is 0 Å². The molecule has 1 atom stereocenters. The molecule has 0 aromatic carbocycles. The van der Waals surface area contributed by atoms with E-state index in [1.807, 2.05) is 23.6 Å². The second-order valence-electron chi connectivity index (χ2n) is 7.54. The van der Waals surface area contributed by atoms with Crippen molar-refractivity contribution in [1.82, 2.24) is 20.4 Å². The molecule has 148 valence electrons. The third kappa shape index (κ3) is 3.64. The van der Waals surface area contributed by atoms with Gasteiger partial charge in [0.05, 0.1) is 10.6 Å². The number of rotatable bonds is 5. The molecule has 2 N–H and O–H groups in total. The standard InChI is InChI=1S/C20H22N4OS2.ClH/c25-19(16-10-15(22-23-16)17-2-1-8-27-17)24(12-14-3-9-26-13-14)18-11-20(18)4-6-21-7-5-20;/h1-3,8-10,13,18,21H,4-7,11-12H2,(H,22,23);1H. The van der Waals surface area contributed by atoms with Gasteiger partial charge in [0.1, 0.15) is 0 Å². The predicted octanol–water partition coefficient (Wildman–Crippen LogP) is 4.41. The molecule has 28 heavy (non-hydrogen) atoms. The van der Waals surface area contributed by atoms with Gasteiger partial charge < -0.3 is 10.2 Å². The van der Waals surface area contributed by atoms with Crippen LogP contribution >= 0.6 is 35.1 Å². The van der Waals surface area contributed by atoms with Crippen molar-refractivity contribution >= 4 is 41.0 Å². The van der Waals surface area contributed by atoms with E-state index in [0.29, 0.717) is 23.7 Å². The average Bonchev–Trinajstić information content (AvgIpc) is 3.25. The van der Waals surface area contributed by atoms with Crippen LogP contribution in [0.15, 0.2) is 40.4 Å². The van der Waals surface area contributed by atoms with Crippen LogP contribution in [0.5, 0.6) is 0 Å². The van der Waals surface area contributed by atoms with E-state index >= 15 is 0 Å². The van der Waals surface area contributed by atoms with E-state index in [1.54, 1.807) is 22.7 Å². The number of hydrogen-bond acceptors (Lipinski definition) is 5. The summed E-state index contributed by atoms with van der Waals surface area (Å²) in [5, 5.41) is 17.1. The van der Waals surface area contributed by atoms with Gasteiger partial charge in [0, 0.05) is 12.6 Å². The number of amides is 1. The Morgan fingerprint density at radius 2 is 2.14 bits per heavy atom. The number of hydrogen-bond donors (Lipinski definition) is 2. The van der Waals surface area contributed by atoms with Gasteiger partial charge in [-0.25, -0.2) is 0 Å². The van der Waals surface area contributed by atoms with E-state index in [-0.39, 0.29) is 18.3 Å². The molecule has 1 saturated carbocycles. The molecule has 1 spiro atoms. The van der Waals surface area contributed by atoms with E-state index in [1.165, 1.54) is 5.56 Å². The summed E-state index contributed by atoms with van der Waals surface area (Å²) in [6.45, 7) is 2.78. The summed E-state index contributed by atoms with van der Waals surface area (Å²) in [5.41, 5.74) is 2.95. The molecule has 4 heterocycles. The van der Waals surface area contributed by atoms with Crippen molar-refractivity contribution in [3.05, 3.63) is 51.7 Å². The quantitative estimate of drug-likeness (QED) is 0.625. The number of nitrogens with zero attached hydrogens (tertiary/aromatic N) is 2. The lowest BCUT2D eigenvalue weighted by Crippen LogP contribution is -2.39. The fourth-order valence-corrected chi connectivity index (χ4v) is 5.62. The normalized spacial score (nSPS) is 19.9. The second-order valence-corrected chi connectivity index (χ2v) is 9.27. The van der Waals surface area contributed by atoms with Crippen LogP contribution in [0.25, 0.3) is 10.6 Å². The van der Waals surface area contributed by atoms with Crippen LogP contribution in [0.4, 0.5) is 0 Å². The first-order chi connectivity index (χ1) is 13.3. The molecule has 0 radical (unpaired) electrons. The molecule has 3 aromatic rings. The molecule has 2 aliphatic rings.